The number of hydrogen-bond donors (Lipinski definition) is 1. The van der Waals surface area contributed by atoms with Crippen molar-refractivity contribution in [3.05, 3.63) is 86.8 Å². The first kappa shape index (κ1) is 20.6. The molecule has 6 heteroatoms. The second-order valence-corrected chi connectivity index (χ2v) is 8.08. The van der Waals surface area contributed by atoms with E-state index >= 15 is 0 Å². The van der Waals surface area contributed by atoms with Crippen LogP contribution in [0.25, 0.3) is 16.7 Å². The standard InChI is InChI=1S/C25H26N4O2/c1-15-9-11-20(12-10-15)29-25-24(19(5)27-29)17(3)13-23(31)28(25)14-22(30)26-21-8-6-7-16(2)18(21)4/h6-13H,14H2,1-5H3,(H,26,30). The van der Waals surface area contributed by atoms with E-state index in [-0.39, 0.29) is 18.0 Å². The van der Waals surface area contributed by atoms with Crippen LogP contribution in [0.2, 0.25) is 0 Å². The first-order valence-corrected chi connectivity index (χ1v) is 10.3. The highest BCUT2D eigenvalue weighted by Crippen LogP contribution is 2.24. The molecule has 2 aromatic carbocycles. The zero-order valence-electron chi connectivity index (χ0n) is 18.5. The van der Waals surface area contributed by atoms with Crippen molar-refractivity contribution >= 4 is 22.6 Å². The van der Waals surface area contributed by atoms with Gasteiger partial charge in [0.2, 0.25) is 5.91 Å². The molecule has 2 aromatic heterocycles. The second-order valence-electron chi connectivity index (χ2n) is 8.08. The van der Waals surface area contributed by atoms with Gasteiger partial charge in [0, 0.05) is 17.1 Å². The smallest absolute Gasteiger partial charge is 0.252 e. The highest BCUT2D eigenvalue weighted by atomic mass is 16.2. The molecular formula is C25H26N4O2. The Labute approximate surface area is 181 Å². The summed E-state index contributed by atoms with van der Waals surface area (Å²) in [7, 11) is 0. The van der Waals surface area contributed by atoms with Crippen molar-refractivity contribution in [3.8, 4) is 5.69 Å². The fourth-order valence-electron chi connectivity index (χ4n) is 3.90. The van der Waals surface area contributed by atoms with E-state index in [9.17, 15) is 9.59 Å². The first-order chi connectivity index (χ1) is 14.8. The van der Waals surface area contributed by atoms with Gasteiger partial charge in [0.1, 0.15) is 12.2 Å². The van der Waals surface area contributed by atoms with E-state index in [2.05, 4.69) is 5.32 Å². The number of pyridine rings is 1. The molecule has 0 saturated carbocycles. The van der Waals surface area contributed by atoms with Crippen LogP contribution in [0.5, 0.6) is 0 Å². The molecule has 0 unspecified atom stereocenters. The number of carbonyl (C=O) groups is 1. The molecule has 2 heterocycles. The van der Waals surface area contributed by atoms with Crippen LogP contribution in [-0.4, -0.2) is 20.3 Å². The van der Waals surface area contributed by atoms with Crippen LogP contribution in [0.15, 0.2) is 53.3 Å². The van der Waals surface area contributed by atoms with Crippen molar-refractivity contribution in [3.63, 3.8) is 0 Å². The minimum atomic E-state index is -0.254. The Kier molecular flexibility index (Phi) is 5.23. The van der Waals surface area contributed by atoms with Crippen LogP contribution in [0.4, 0.5) is 5.69 Å². The normalized spacial score (nSPS) is 11.1. The summed E-state index contributed by atoms with van der Waals surface area (Å²) in [5.74, 6) is -0.254. The lowest BCUT2D eigenvalue weighted by Crippen LogP contribution is -2.29. The fraction of sp³-hybridized carbons (Fsp3) is 0.240. The second kappa shape index (κ2) is 7.87. The third-order valence-electron chi connectivity index (χ3n) is 5.75. The summed E-state index contributed by atoms with van der Waals surface area (Å²) in [6.07, 6.45) is 0. The lowest BCUT2D eigenvalue weighted by atomic mass is 10.1. The number of nitrogens with one attached hydrogen (secondary N) is 1. The number of nitrogens with zero attached hydrogens (tertiary/aromatic N) is 3. The highest BCUT2D eigenvalue weighted by molar-refractivity contribution is 5.93. The Hall–Kier alpha value is -3.67. The summed E-state index contributed by atoms with van der Waals surface area (Å²) in [5.41, 5.74) is 6.91. The molecule has 4 aromatic rings. The molecule has 31 heavy (non-hydrogen) atoms. The van der Waals surface area contributed by atoms with Crippen LogP contribution < -0.4 is 10.9 Å². The third-order valence-corrected chi connectivity index (χ3v) is 5.75. The van der Waals surface area contributed by atoms with E-state index in [0.29, 0.717) is 5.65 Å². The number of rotatable bonds is 4. The molecule has 6 nitrogen and oxygen atoms in total. The van der Waals surface area contributed by atoms with Gasteiger partial charge in [0.15, 0.2) is 0 Å². The van der Waals surface area contributed by atoms with Gasteiger partial charge in [0.25, 0.3) is 5.56 Å². The maximum absolute atomic E-state index is 13.0. The maximum Gasteiger partial charge on any atom is 0.252 e. The quantitative estimate of drug-likeness (QED) is 0.539. The summed E-state index contributed by atoms with van der Waals surface area (Å²) in [6.45, 7) is 9.72. The molecule has 0 aliphatic rings. The fourth-order valence-corrected chi connectivity index (χ4v) is 3.90. The summed E-state index contributed by atoms with van der Waals surface area (Å²) >= 11 is 0. The summed E-state index contributed by atoms with van der Waals surface area (Å²) in [5, 5.41) is 8.53. The number of aromatic nitrogens is 3. The maximum atomic E-state index is 13.0. The minimum absolute atomic E-state index is 0.0972. The van der Waals surface area contributed by atoms with Crippen molar-refractivity contribution in [1.82, 2.24) is 14.3 Å². The molecule has 0 spiro atoms. The van der Waals surface area contributed by atoms with E-state index in [0.717, 1.165) is 44.7 Å². The van der Waals surface area contributed by atoms with Crippen molar-refractivity contribution in [2.24, 2.45) is 0 Å². The first-order valence-electron chi connectivity index (χ1n) is 10.3. The van der Waals surface area contributed by atoms with Gasteiger partial charge in [-0.05, 0) is 69.5 Å². The number of anilines is 1. The minimum Gasteiger partial charge on any atom is -0.324 e. The van der Waals surface area contributed by atoms with Gasteiger partial charge < -0.3 is 5.32 Å². The zero-order valence-corrected chi connectivity index (χ0v) is 18.5. The van der Waals surface area contributed by atoms with Gasteiger partial charge in [-0.2, -0.15) is 5.10 Å². The van der Waals surface area contributed by atoms with Crippen molar-refractivity contribution < 1.29 is 4.79 Å². The lowest BCUT2D eigenvalue weighted by Gasteiger charge is -2.14. The Morgan fingerprint density at radius 1 is 0.968 bits per heavy atom. The molecule has 1 amide bonds. The van der Waals surface area contributed by atoms with E-state index in [1.165, 1.54) is 4.57 Å². The van der Waals surface area contributed by atoms with E-state index in [1.807, 2.05) is 77.1 Å². The molecule has 0 aliphatic heterocycles. The highest BCUT2D eigenvalue weighted by Gasteiger charge is 2.19. The molecular weight excluding hydrogens is 388 g/mol. The number of fused-ring (bicyclic) bond motifs is 1. The molecule has 0 aliphatic carbocycles. The van der Waals surface area contributed by atoms with Crippen molar-refractivity contribution in [1.29, 1.82) is 0 Å². The average molecular weight is 415 g/mol. The van der Waals surface area contributed by atoms with Gasteiger partial charge in [-0.1, -0.05) is 29.8 Å². The zero-order chi connectivity index (χ0) is 22.3. The van der Waals surface area contributed by atoms with E-state index < -0.39 is 0 Å². The largest absolute Gasteiger partial charge is 0.324 e. The molecule has 1 N–H and O–H groups in total. The molecule has 0 fully saturated rings. The van der Waals surface area contributed by atoms with Crippen LogP contribution in [-0.2, 0) is 11.3 Å². The Morgan fingerprint density at radius 3 is 2.39 bits per heavy atom. The number of amides is 1. The average Bonchev–Trinajstić information content (AvgIpc) is 3.07. The number of aryl methyl sites for hydroxylation is 4. The van der Waals surface area contributed by atoms with Gasteiger partial charge >= 0.3 is 0 Å². The lowest BCUT2D eigenvalue weighted by molar-refractivity contribution is -0.116. The summed E-state index contributed by atoms with van der Waals surface area (Å²) in [6, 6.07) is 15.3. The predicted octanol–water partition coefficient (Wildman–Crippen LogP) is 4.37. The monoisotopic (exact) mass is 414 g/mol. The van der Waals surface area contributed by atoms with Crippen molar-refractivity contribution in [2.45, 2.75) is 41.2 Å². The SMILES string of the molecule is Cc1ccc(-n2nc(C)c3c(C)cc(=O)n(CC(=O)Nc4cccc(C)c4C)c32)cc1. The number of hydrogen-bond acceptors (Lipinski definition) is 3. The molecule has 0 radical (unpaired) electrons. The third kappa shape index (κ3) is 3.77. The number of carbonyl (C=O) groups excluding carboxylic acids is 1. The Balaban J connectivity index is 1.82. The van der Waals surface area contributed by atoms with E-state index in [1.54, 1.807) is 10.7 Å². The topological polar surface area (TPSA) is 68.9 Å². The molecule has 0 bridgehead atoms. The number of benzene rings is 2. The van der Waals surface area contributed by atoms with Crippen LogP contribution in [0, 0.1) is 34.6 Å². The summed E-state index contributed by atoms with van der Waals surface area (Å²) < 4.78 is 3.26. The van der Waals surface area contributed by atoms with Gasteiger partial charge in [0.05, 0.1) is 11.4 Å². The van der Waals surface area contributed by atoms with Gasteiger partial charge in [-0.15, -0.1) is 0 Å². The van der Waals surface area contributed by atoms with Crippen molar-refractivity contribution in [2.75, 3.05) is 5.32 Å². The summed E-state index contributed by atoms with van der Waals surface area (Å²) in [4.78, 5) is 25.9. The van der Waals surface area contributed by atoms with Crippen LogP contribution in [0.1, 0.15) is 27.9 Å². The molecule has 158 valence electrons. The molecule has 0 saturated heterocycles. The van der Waals surface area contributed by atoms with E-state index in [4.69, 9.17) is 5.10 Å². The van der Waals surface area contributed by atoms with Gasteiger partial charge in [-0.25, -0.2) is 4.68 Å². The Bertz CT molecular complexity index is 1360. The van der Waals surface area contributed by atoms with Gasteiger partial charge in [-0.3, -0.25) is 14.2 Å². The van der Waals surface area contributed by atoms with Crippen LogP contribution in [0.3, 0.4) is 0 Å². The predicted molar refractivity (Wildman–Crippen MR) is 124 cm³/mol. The molecule has 4 rings (SSSR count). The Morgan fingerprint density at radius 2 is 1.68 bits per heavy atom. The van der Waals surface area contributed by atoms with Crippen LogP contribution >= 0.6 is 0 Å². The molecule has 0 atom stereocenters.